The first-order valence-corrected chi connectivity index (χ1v) is 3.95. The summed E-state index contributed by atoms with van der Waals surface area (Å²) in [6.45, 7) is 0. The molecule has 0 aliphatic carbocycles. The summed E-state index contributed by atoms with van der Waals surface area (Å²) in [6, 6.07) is 0. The first kappa shape index (κ1) is 9.79. The van der Waals surface area contributed by atoms with E-state index in [0.717, 1.165) is 13.4 Å². The lowest BCUT2D eigenvalue weighted by Crippen LogP contribution is -2.09. The number of esters is 1. The van der Waals surface area contributed by atoms with Gasteiger partial charge in [0.25, 0.3) is 5.76 Å². The molecule has 0 aliphatic rings. The zero-order valence-electron chi connectivity index (χ0n) is 6.54. The van der Waals surface area contributed by atoms with E-state index in [-0.39, 0.29) is 4.47 Å². The molecule has 0 saturated carbocycles. The van der Waals surface area contributed by atoms with Crippen LogP contribution in [0.4, 0.5) is 0 Å². The van der Waals surface area contributed by atoms with Crippen LogP contribution in [0.25, 0.3) is 0 Å². The zero-order chi connectivity index (χ0) is 10.0. The van der Waals surface area contributed by atoms with Gasteiger partial charge in [0.15, 0.2) is 0 Å². The van der Waals surface area contributed by atoms with Crippen molar-refractivity contribution in [3.8, 4) is 5.75 Å². The molecule has 0 radical (unpaired) electrons. The Hall–Kier alpha value is -1.30. The van der Waals surface area contributed by atoms with Crippen LogP contribution in [0, 0.1) is 0 Å². The van der Waals surface area contributed by atoms with Crippen LogP contribution in [-0.2, 0) is 4.74 Å². The number of methoxy groups -OCH3 is 1. The second-order valence-corrected chi connectivity index (χ2v) is 2.94. The second kappa shape index (κ2) is 3.61. The molecule has 0 amide bonds. The Morgan fingerprint density at radius 3 is 2.85 bits per heavy atom. The Kier molecular flexibility index (Phi) is 2.72. The van der Waals surface area contributed by atoms with Crippen molar-refractivity contribution < 1.29 is 19.1 Å². The zero-order valence-corrected chi connectivity index (χ0v) is 8.12. The summed E-state index contributed by atoms with van der Waals surface area (Å²) in [4.78, 5) is 21.9. The van der Waals surface area contributed by atoms with Crippen LogP contribution in [0.3, 0.4) is 0 Å². The maximum absolute atomic E-state index is 11.0. The molecule has 70 valence electrons. The predicted octanol–water partition coefficient (Wildman–Crippen LogP) is 0.895. The number of carbonyl (C=O) groups is 1. The normalized spacial score (nSPS) is 9.69. The van der Waals surface area contributed by atoms with Gasteiger partial charge in [0.1, 0.15) is 10.7 Å². The summed E-state index contributed by atoms with van der Waals surface area (Å²) < 4.78 is 8.96. The van der Waals surface area contributed by atoms with Crippen LogP contribution in [-0.4, -0.2) is 18.2 Å². The quantitative estimate of drug-likeness (QED) is 0.748. The Morgan fingerprint density at radius 2 is 2.31 bits per heavy atom. The van der Waals surface area contributed by atoms with E-state index in [1.54, 1.807) is 0 Å². The highest BCUT2D eigenvalue weighted by Crippen LogP contribution is 2.16. The van der Waals surface area contributed by atoms with E-state index < -0.39 is 22.9 Å². The highest BCUT2D eigenvalue weighted by molar-refractivity contribution is 9.10. The second-order valence-electron chi connectivity index (χ2n) is 2.08. The largest absolute Gasteiger partial charge is 0.501 e. The average molecular weight is 249 g/mol. The summed E-state index contributed by atoms with van der Waals surface area (Å²) in [7, 11) is 1.11. The molecule has 6 heteroatoms. The fourth-order valence-electron chi connectivity index (χ4n) is 0.674. The minimum atomic E-state index is -0.901. The molecule has 0 aliphatic heterocycles. The van der Waals surface area contributed by atoms with Crippen molar-refractivity contribution in [1.29, 1.82) is 0 Å². The topological polar surface area (TPSA) is 76.7 Å². The Bertz CT molecular complexity index is 394. The molecule has 0 bridgehead atoms. The summed E-state index contributed by atoms with van der Waals surface area (Å²) in [5.74, 6) is -2.17. The smallest absolute Gasteiger partial charge is 0.378 e. The third-order valence-electron chi connectivity index (χ3n) is 1.30. The molecule has 1 rings (SSSR count). The summed E-state index contributed by atoms with van der Waals surface area (Å²) >= 11 is 2.83. The predicted molar refractivity (Wildman–Crippen MR) is 45.7 cm³/mol. The van der Waals surface area contributed by atoms with Crippen LogP contribution in [0.15, 0.2) is 19.9 Å². The first-order chi connectivity index (χ1) is 6.07. The minimum Gasteiger partial charge on any atom is -0.501 e. The molecular weight excluding hydrogens is 244 g/mol. The molecule has 1 aromatic rings. The van der Waals surface area contributed by atoms with Crippen molar-refractivity contribution in [1.82, 2.24) is 0 Å². The minimum absolute atomic E-state index is 0.0395. The Morgan fingerprint density at radius 1 is 1.69 bits per heavy atom. The Balaban J connectivity index is 3.35. The molecule has 1 N–H and O–H groups in total. The third-order valence-corrected chi connectivity index (χ3v) is 1.85. The van der Waals surface area contributed by atoms with Crippen molar-refractivity contribution in [2.24, 2.45) is 0 Å². The monoisotopic (exact) mass is 248 g/mol. The van der Waals surface area contributed by atoms with Gasteiger partial charge >= 0.3 is 5.97 Å². The number of aromatic hydroxyl groups is 1. The third kappa shape index (κ3) is 1.72. The highest BCUT2D eigenvalue weighted by atomic mass is 79.9. The van der Waals surface area contributed by atoms with Crippen molar-refractivity contribution in [2.75, 3.05) is 7.11 Å². The number of ether oxygens (including phenoxy) is 1. The number of halogens is 1. The standard InChI is InChI=1S/C7H5BrO5/c1-12-7(11)6-5(10)4(9)3(8)2-13-6/h2,10H,1H3. The molecule has 0 spiro atoms. The van der Waals surface area contributed by atoms with Crippen molar-refractivity contribution in [3.05, 3.63) is 26.7 Å². The van der Waals surface area contributed by atoms with Crippen molar-refractivity contribution >= 4 is 21.9 Å². The van der Waals surface area contributed by atoms with Crippen LogP contribution in [0.1, 0.15) is 10.6 Å². The molecule has 0 saturated heterocycles. The molecule has 0 aromatic carbocycles. The summed E-state index contributed by atoms with van der Waals surface area (Å²) in [5.41, 5.74) is -0.716. The fourth-order valence-corrected chi connectivity index (χ4v) is 0.955. The van der Waals surface area contributed by atoms with Gasteiger partial charge in [-0.05, 0) is 15.9 Å². The lowest BCUT2D eigenvalue weighted by Gasteiger charge is -1.99. The van der Waals surface area contributed by atoms with Crippen molar-refractivity contribution in [2.45, 2.75) is 0 Å². The average Bonchev–Trinajstić information content (AvgIpc) is 2.13. The molecule has 5 nitrogen and oxygen atoms in total. The fraction of sp³-hybridized carbons (Fsp3) is 0.143. The van der Waals surface area contributed by atoms with Gasteiger partial charge in [0, 0.05) is 0 Å². The molecule has 0 fully saturated rings. The lowest BCUT2D eigenvalue weighted by molar-refractivity contribution is 0.0556. The summed E-state index contributed by atoms with van der Waals surface area (Å²) in [5, 5.41) is 9.14. The van der Waals surface area contributed by atoms with E-state index in [2.05, 4.69) is 25.1 Å². The number of carbonyl (C=O) groups excluding carboxylic acids is 1. The maximum atomic E-state index is 11.0. The molecular formula is C7H5BrO5. The van der Waals surface area contributed by atoms with Gasteiger partial charge in [-0.2, -0.15) is 0 Å². The van der Waals surface area contributed by atoms with Gasteiger partial charge in [-0.1, -0.05) is 0 Å². The van der Waals surface area contributed by atoms with Crippen LogP contribution in [0.5, 0.6) is 5.75 Å². The van der Waals surface area contributed by atoms with E-state index >= 15 is 0 Å². The van der Waals surface area contributed by atoms with Gasteiger partial charge in [-0.3, -0.25) is 4.79 Å². The molecule has 13 heavy (non-hydrogen) atoms. The van der Waals surface area contributed by atoms with Crippen molar-refractivity contribution in [3.63, 3.8) is 0 Å². The first-order valence-electron chi connectivity index (χ1n) is 3.16. The van der Waals surface area contributed by atoms with Gasteiger partial charge in [-0.25, -0.2) is 4.79 Å². The van der Waals surface area contributed by atoms with E-state index in [1.165, 1.54) is 0 Å². The van der Waals surface area contributed by atoms with Crippen LogP contribution >= 0.6 is 15.9 Å². The summed E-state index contributed by atoms with van der Waals surface area (Å²) in [6.07, 6.45) is 1.01. The van der Waals surface area contributed by atoms with E-state index in [9.17, 15) is 9.59 Å². The molecule has 1 heterocycles. The van der Waals surface area contributed by atoms with E-state index in [1.807, 2.05) is 0 Å². The highest BCUT2D eigenvalue weighted by Gasteiger charge is 2.18. The number of hydrogen-bond donors (Lipinski definition) is 1. The van der Waals surface area contributed by atoms with Gasteiger partial charge in [0.05, 0.1) is 7.11 Å². The molecule has 0 atom stereocenters. The number of rotatable bonds is 1. The molecule has 0 unspecified atom stereocenters. The lowest BCUT2D eigenvalue weighted by atomic mass is 10.3. The maximum Gasteiger partial charge on any atom is 0.378 e. The van der Waals surface area contributed by atoms with Gasteiger partial charge in [-0.15, -0.1) is 0 Å². The number of hydrogen-bond acceptors (Lipinski definition) is 5. The molecule has 1 aromatic heterocycles. The Labute approximate surface area is 81.1 Å². The van der Waals surface area contributed by atoms with E-state index in [0.29, 0.717) is 0 Å². The van der Waals surface area contributed by atoms with Gasteiger partial charge in [0.2, 0.25) is 11.2 Å². The van der Waals surface area contributed by atoms with E-state index in [4.69, 9.17) is 5.11 Å². The van der Waals surface area contributed by atoms with Crippen LogP contribution < -0.4 is 5.43 Å². The van der Waals surface area contributed by atoms with Crippen LogP contribution in [0.2, 0.25) is 0 Å². The SMILES string of the molecule is COC(=O)c1occ(Br)c(=O)c1O. The van der Waals surface area contributed by atoms with Gasteiger partial charge < -0.3 is 14.3 Å².